The minimum atomic E-state index is 0.703. The van der Waals surface area contributed by atoms with Crippen molar-refractivity contribution < 1.29 is 4.42 Å². The third-order valence-electron chi connectivity index (χ3n) is 3.12. The first-order valence-corrected chi connectivity index (χ1v) is 6.41. The van der Waals surface area contributed by atoms with E-state index < -0.39 is 0 Å². The monoisotopic (exact) mass is 272 g/mol. The highest BCUT2D eigenvalue weighted by Crippen LogP contribution is 2.30. The van der Waals surface area contributed by atoms with Crippen molar-refractivity contribution in [3.05, 3.63) is 59.1 Å². The molecule has 0 bridgehead atoms. The number of aryl methyl sites for hydroxylation is 1. The fraction of sp³-hybridized carbons (Fsp3) is 0.133. The third kappa shape index (κ3) is 1.96. The molecule has 19 heavy (non-hydrogen) atoms. The summed E-state index contributed by atoms with van der Waals surface area (Å²) in [4.78, 5) is 0. The molecule has 2 heterocycles. The summed E-state index contributed by atoms with van der Waals surface area (Å²) in [6.45, 7) is 3.86. The second-order valence-electron chi connectivity index (χ2n) is 4.39. The first-order chi connectivity index (χ1) is 9.18. The quantitative estimate of drug-likeness (QED) is 0.692. The van der Waals surface area contributed by atoms with Gasteiger partial charge in [-0.25, -0.2) is 4.68 Å². The van der Waals surface area contributed by atoms with E-state index in [0.717, 1.165) is 28.4 Å². The van der Waals surface area contributed by atoms with Crippen molar-refractivity contribution in [1.82, 2.24) is 9.78 Å². The van der Waals surface area contributed by atoms with Gasteiger partial charge in [-0.1, -0.05) is 23.7 Å². The van der Waals surface area contributed by atoms with Crippen LogP contribution in [0.1, 0.15) is 11.4 Å². The molecule has 1 aromatic carbocycles. The number of hydrogen-bond acceptors (Lipinski definition) is 2. The van der Waals surface area contributed by atoms with Crippen molar-refractivity contribution in [2.75, 3.05) is 0 Å². The zero-order valence-electron chi connectivity index (χ0n) is 10.7. The Morgan fingerprint density at radius 1 is 1.11 bits per heavy atom. The predicted molar refractivity (Wildman–Crippen MR) is 75.8 cm³/mol. The maximum absolute atomic E-state index is 6.22. The molecule has 0 saturated heterocycles. The highest BCUT2D eigenvalue weighted by molar-refractivity contribution is 6.31. The highest BCUT2D eigenvalue weighted by atomic mass is 35.5. The lowest BCUT2D eigenvalue weighted by atomic mass is 10.1. The van der Waals surface area contributed by atoms with Gasteiger partial charge in [0, 0.05) is 5.56 Å². The zero-order valence-corrected chi connectivity index (χ0v) is 11.5. The Bertz CT molecular complexity index is 714. The van der Waals surface area contributed by atoms with E-state index in [4.69, 9.17) is 16.0 Å². The molecule has 0 saturated carbocycles. The molecule has 0 radical (unpaired) electrons. The highest BCUT2D eigenvalue weighted by Gasteiger charge is 2.15. The number of benzene rings is 1. The van der Waals surface area contributed by atoms with Gasteiger partial charge < -0.3 is 4.42 Å². The van der Waals surface area contributed by atoms with Crippen LogP contribution in [0.25, 0.3) is 17.0 Å². The number of aromatic nitrogens is 2. The number of nitrogens with zero attached hydrogens (tertiary/aromatic N) is 2. The third-order valence-corrected chi connectivity index (χ3v) is 3.67. The van der Waals surface area contributed by atoms with Gasteiger partial charge in [0.05, 0.1) is 28.4 Å². The molecule has 0 aliphatic carbocycles. The first-order valence-electron chi connectivity index (χ1n) is 6.03. The molecule has 4 heteroatoms. The van der Waals surface area contributed by atoms with Crippen molar-refractivity contribution in [3.8, 4) is 17.0 Å². The van der Waals surface area contributed by atoms with Gasteiger partial charge in [0.15, 0.2) is 0 Å². The van der Waals surface area contributed by atoms with Crippen LogP contribution in [0, 0.1) is 13.8 Å². The number of rotatable bonds is 2. The van der Waals surface area contributed by atoms with Gasteiger partial charge in [-0.3, -0.25) is 0 Å². The van der Waals surface area contributed by atoms with Crippen molar-refractivity contribution >= 4 is 11.6 Å². The summed E-state index contributed by atoms with van der Waals surface area (Å²) in [5, 5.41) is 5.20. The molecule has 0 spiro atoms. The fourth-order valence-corrected chi connectivity index (χ4v) is 2.27. The fourth-order valence-electron chi connectivity index (χ4n) is 2.16. The van der Waals surface area contributed by atoms with Crippen LogP contribution in [-0.2, 0) is 0 Å². The van der Waals surface area contributed by atoms with Crippen molar-refractivity contribution in [2.45, 2.75) is 13.8 Å². The number of halogens is 1. The zero-order chi connectivity index (χ0) is 13.4. The molecule has 3 aromatic rings. The van der Waals surface area contributed by atoms with E-state index in [1.165, 1.54) is 0 Å². The van der Waals surface area contributed by atoms with E-state index in [2.05, 4.69) is 5.10 Å². The minimum absolute atomic E-state index is 0.703. The molecule has 2 aromatic heterocycles. The molecule has 0 N–H and O–H groups in total. The van der Waals surface area contributed by atoms with Crippen LogP contribution in [0.5, 0.6) is 0 Å². The summed E-state index contributed by atoms with van der Waals surface area (Å²) in [5.74, 6) is 0.819. The Hall–Kier alpha value is -2.00. The smallest absolute Gasteiger partial charge is 0.136 e. The molecule has 0 fully saturated rings. The summed E-state index contributed by atoms with van der Waals surface area (Å²) in [6.07, 6.45) is 1.67. The number of hydrogen-bond donors (Lipinski definition) is 0. The van der Waals surface area contributed by atoms with Gasteiger partial charge >= 0.3 is 0 Å². The minimum Gasteiger partial charge on any atom is -0.464 e. The van der Waals surface area contributed by atoms with E-state index in [0.29, 0.717) is 5.02 Å². The van der Waals surface area contributed by atoms with Crippen LogP contribution in [0.4, 0.5) is 0 Å². The van der Waals surface area contributed by atoms with Crippen LogP contribution in [-0.4, -0.2) is 9.78 Å². The lowest BCUT2D eigenvalue weighted by Gasteiger charge is -2.09. The van der Waals surface area contributed by atoms with E-state index in [1.807, 2.05) is 54.9 Å². The Morgan fingerprint density at radius 3 is 2.53 bits per heavy atom. The molecule has 96 valence electrons. The number of furan rings is 1. The Morgan fingerprint density at radius 2 is 1.89 bits per heavy atom. The van der Waals surface area contributed by atoms with Gasteiger partial charge in [-0.05, 0) is 38.1 Å². The van der Waals surface area contributed by atoms with Gasteiger partial charge in [-0.15, -0.1) is 0 Å². The molecular formula is C15H13ClN2O. The molecule has 0 atom stereocenters. The summed E-state index contributed by atoms with van der Waals surface area (Å²) < 4.78 is 7.34. The Balaban J connectivity index is 2.23. The van der Waals surface area contributed by atoms with Gasteiger partial charge in [0.25, 0.3) is 0 Å². The average molecular weight is 273 g/mol. The summed E-state index contributed by atoms with van der Waals surface area (Å²) in [5.41, 5.74) is 3.71. The van der Waals surface area contributed by atoms with Gasteiger partial charge in [-0.2, -0.15) is 5.10 Å². The van der Waals surface area contributed by atoms with Crippen LogP contribution >= 0.6 is 11.6 Å². The largest absolute Gasteiger partial charge is 0.464 e. The summed E-state index contributed by atoms with van der Waals surface area (Å²) in [6, 6.07) is 11.8. The standard InChI is InChI=1S/C15H13ClN2O/c1-10-15(16)11(2)18(17-10)13-7-4-3-6-12(13)14-8-5-9-19-14/h3-9H,1-2H3. The topological polar surface area (TPSA) is 31.0 Å². The molecule has 3 nitrogen and oxygen atoms in total. The molecule has 0 aliphatic rings. The van der Waals surface area contributed by atoms with E-state index in [1.54, 1.807) is 6.26 Å². The first kappa shape index (κ1) is 12.1. The van der Waals surface area contributed by atoms with Crippen molar-refractivity contribution in [3.63, 3.8) is 0 Å². The molecule has 0 amide bonds. The maximum Gasteiger partial charge on any atom is 0.136 e. The normalized spacial score (nSPS) is 10.9. The van der Waals surface area contributed by atoms with Crippen molar-refractivity contribution in [2.24, 2.45) is 0 Å². The van der Waals surface area contributed by atoms with Gasteiger partial charge in [0.2, 0.25) is 0 Å². The molecule has 3 rings (SSSR count). The van der Waals surface area contributed by atoms with Crippen LogP contribution < -0.4 is 0 Å². The van der Waals surface area contributed by atoms with Crippen LogP contribution in [0.3, 0.4) is 0 Å². The molecule has 0 unspecified atom stereocenters. The maximum atomic E-state index is 6.22. The molecule has 0 aliphatic heterocycles. The summed E-state index contributed by atoms with van der Waals surface area (Å²) >= 11 is 6.22. The Labute approximate surface area is 116 Å². The van der Waals surface area contributed by atoms with E-state index >= 15 is 0 Å². The van der Waals surface area contributed by atoms with Crippen molar-refractivity contribution in [1.29, 1.82) is 0 Å². The lowest BCUT2D eigenvalue weighted by Crippen LogP contribution is -2.01. The SMILES string of the molecule is Cc1nn(-c2ccccc2-c2ccco2)c(C)c1Cl. The second kappa shape index (κ2) is 4.59. The number of para-hydroxylation sites is 1. The van der Waals surface area contributed by atoms with Crippen LogP contribution in [0.15, 0.2) is 47.1 Å². The lowest BCUT2D eigenvalue weighted by molar-refractivity contribution is 0.581. The average Bonchev–Trinajstić information content (AvgIpc) is 3.04. The van der Waals surface area contributed by atoms with E-state index in [9.17, 15) is 0 Å². The predicted octanol–water partition coefficient (Wildman–Crippen LogP) is 4.40. The van der Waals surface area contributed by atoms with Crippen LogP contribution in [0.2, 0.25) is 5.02 Å². The second-order valence-corrected chi connectivity index (χ2v) is 4.77. The summed E-state index contributed by atoms with van der Waals surface area (Å²) in [7, 11) is 0. The van der Waals surface area contributed by atoms with E-state index in [-0.39, 0.29) is 0 Å². The van der Waals surface area contributed by atoms with Gasteiger partial charge in [0.1, 0.15) is 5.76 Å². The molecular weight excluding hydrogens is 260 g/mol. The Kier molecular flexibility index (Phi) is 2.91.